The van der Waals surface area contributed by atoms with Crippen LogP contribution in [0.3, 0.4) is 0 Å². The summed E-state index contributed by atoms with van der Waals surface area (Å²) in [6, 6.07) is 5.42. The first-order chi connectivity index (χ1) is 8.70. The molecular formula is C13H15NO3S. The Kier molecular flexibility index (Phi) is 4.17. The van der Waals surface area contributed by atoms with Crippen molar-refractivity contribution in [2.45, 2.75) is 19.6 Å². The largest absolute Gasteiger partial charge is 0.493 e. The van der Waals surface area contributed by atoms with E-state index in [9.17, 15) is 5.11 Å². The first kappa shape index (κ1) is 12.9. The summed E-state index contributed by atoms with van der Waals surface area (Å²) in [7, 11) is 1.58. The topological polar surface area (TPSA) is 51.6 Å². The van der Waals surface area contributed by atoms with Gasteiger partial charge in [0.15, 0.2) is 11.5 Å². The maximum absolute atomic E-state index is 9.51. The first-order valence-electron chi connectivity index (χ1n) is 5.57. The van der Waals surface area contributed by atoms with E-state index in [1.807, 2.05) is 12.1 Å². The number of aromatic nitrogens is 1. The maximum Gasteiger partial charge on any atom is 0.161 e. The molecule has 2 rings (SSSR count). The summed E-state index contributed by atoms with van der Waals surface area (Å²) in [5.74, 6) is 1.29. The minimum Gasteiger partial charge on any atom is -0.493 e. The molecule has 1 heterocycles. The Labute approximate surface area is 110 Å². The van der Waals surface area contributed by atoms with E-state index in [0.717, 1.165) is 10.4 Å². The second-order valence-electron chi connectivity index (χ2n) is 3.84. The molecule has 0 fully saturated rings. The van der Waals surface area contributed by atoms with E-state index >= 15 is 0 Å². The van der Waals surface area contributed by atoms with Crippen molar-refractivity contribution < 1.29 is 14.6 Å². The minimum absolute atomic E-state index is 0.467. The number of aliphatic hydroxyl groups is 1. The highest BCUT2D eigenvalue weighted by molar-refractivity contribution is 7.09. The smallest absolute Gasteiger partial charge is 0.161 e. The van der Waals surface area contributed by atoms with E-state index in [0.29, 0.717) is 18.1 Å². The molecule has 0 aliphatic carbocycles. The second-order valence-corrected chi connectivity index (χ2v) is 4.81. The van der Waals surface area contributed by atoms with Gasteiger partial charge in [-0.2, -0.15) is 0 Å². The fourth-order valence-electron chi connectivity index (χ4n) is 1.53. The highest BCUT2D eigenvalue weighted by Crippen LogP contribution is 2.31. The van der Waals surface area contributed by atoms with Crippen LogP contribution < -0.4 is 9.47 Å². The summed E-state index contributed by atoms with van der Waals surface area (Å²) in [5, 5.41) is 9.51. The third kappa shape index (κ3) is 3.00. The van der Waals surface area contributed by atoms with Crippen molar-refractivity contribution in [2.75, 3.05) is 7.11 Å². The summed E-state index contributed by atoms with van der Waals surface area (Å²) in [5.41, 5.74) is 2.57. The Balaban J connectivity index is 2.12. The molecule has 1 unspecified atom stereocenters. The van der Waals surface area contributed by atoms with Crippen LogP contribution in [0.15, 0.2) is 29.9 Å². The summed E-state index contributed by atoms with van der Waals surface area (Å²) >= 11 is 1.55. The van der Waals surface area contributed by atoms with Crippen LogP contribution in [0, 0.1) is 0 Å². The Morgan fingerprint density at radius 2 is 2.22 bits per heavy atom. The Morgan fingerprint density at radius 3 is 2.83 bits per heavy atom. The van der Waals surface area contributed by atoms with Crippen LogP contribution in [-0.2, 0) is 6.61 Å². The van der Waals surface area contributed by atoms with Crippen molar-refractivity contribution in [2.24, 2.45) is 0 Å². The molecule has 1 aromatic heterocycles. The maximum atomic E-state index is 9.51. The monoisotopic (exact) mass is 265 g/mol. The molecule has 0 spiro atoms. The van der Waals surface area contributed by atoms with Crippen molar-refractivity contribution in [3.8, 4) is 11.5 Å². The van der Waals surface area contributed by atoms with Crippen LogP contribution in [-0.4, -0.2) is 17.2 Å². The molecule has 0 amide bonds. The van der Waals surface area contributed by atoms with Crippen molar-refractivity contribution in [3.05, 3.63) is 40.3 Å². The third-order valence-corrected chi connectivity index (χ3v) is 3.28. The van der Waals surface area contributed by atoms with Crippen LogP contribution in [0.4, 0.5) is 0 Å². The first-order valence-corrected chi connectivity index (χ1v) is 6.45. The van der Waals surface area contributed by atoms with Gasteiger partial charge in [-0.1, -0.05) is 6.07 Å². The van der Waals surface area contributed by atoms with E-state index in [2.05, 4.69) is 4.98 Å². The van der Waals surface area contributed by atoms with Gasteiger partial charge in [-0.25, -0.2) is 0 Å². The van der Waals surface area contributed by atoms with E-state index in [-0.39, 0.29) is 0 Å². The molecule has 4 nitrogen and oxygen atoms in total. The van der Waals surface area contributed by atoms with Crippen LogP contribution >= 0.6 is 11.3 Å². The normalized spacial score (nSPS) is 12.2. The number of thiazole rings is 1. The number of hydrogen-bond acceptors (Lipinski definition) is 5. The fourth-order valence-corrected chi connectivity index (χ4v) is 2.03. The van der Waals surface area contributed by atoms with E-state index in [1.165, 1.54) is 0 Å². The molecule has 2 aromatic rings. The van der Waals surface area contributed by atoms with Gasteiger partial charge in [0.05, 0.1) is 23.6 Å². The van der Waals surface area contributed by atoms with Crippen molar-refractivity contribution in [1.29, 1.82) is 0 Å². The Hall–Kier alpha value is -1.59. The average molecular weight is 265 g/mol. The molecule has 0 bridgehead atoms. The zero-order valence-electron chi connectivity index (χ0n) is 10.3. The molecule has 96 valence electrons. The van der Waals surface area contributed by atoms with Gasteiger partial charge in [-0.15, -0.1) is 11.3 Å². The highest BCUT2D eigenvalue weighted by atomic mass is 32.1. The number of methoxy groups -OCH3 is 1. The standard InChI is InChI=1S/C13H15NO3S/c1-9(15)10-3-4-12(13(5-10)16-2)17-7-11-6-14-8-18-11/h3-6,8-9,15H,7H2,1-2H3. The number of nitrogens with zero attached hydrogens (tertiary/aromatic N) is 1. The lowest BCUT2D eigenvalue weighted by molar-refractivity contribution is 0.198. The minimum atomic E-state index is -0.519. The number of hydrogen-bond donors (Lipinski definition) is 1. The quantitative estimate of drug-likeness (QED) is 0.903. The van der Waals surface area contributed by atoms with E-state index in [1.54, 1.807) is 43.1 Å². The van der Waals surface area contributed by atoms with Gasteiger partial charge in [0, 0.05) is 6.20 Å². The summed E-state index contributed by atoms with van der Waals surface area (Å²) < 4.78 is 10.9. The summed E-state index contributed by atoms with van der Waals surface area (Å²) in [6.07, 6.45) is 1.26. The van der Waals surface area contributed by atoms with Crippen LogP contribution in [0.2, 0.25) is 0 Å². The van der Waals surface area contributed by atoms with Crippen LogP contribution in [0.1, 0.15) is 23.5 Å². The zero-order valence-corrected chi connectivity index (χ0v) is 11.1. The zero-order chi connectivity index (χ0) is 13.0. The van der Waals surface area contributed by atoms with Crippen LogP contribution in [0.25, 0.3) is 0 Å². The number of benzene rings is 1. The average Bonchev–Trinajstić information content (AvgIpc) is 2.89. The second kappa shape index (κ2) is 5.84. The fraction of sp³-hybridized carbons (Fsp3) is 0.308. The lowest BCUT2D eigenvalue weighted by Gasteiger charge is -2.12. The molecule has 1 N–H and O–H groups in total. The molecule has 0 saturated carbocycles. The van der Waals surface area contributed by atoms with Gasteiger partial charge in [0.1, 0.15) is 6.61 Å². The molecular weight excluding hydrogens is 250 g/mol. The van der Waals surface area contributed by atoms with Crippen molar-refractivity contribution in [3.63, 3.8) is 0 Å². The van der Waals surface area contributed by atoms with Gasteiger partial charge >= 0.3 is 0 Å². The highest BCUT2D eigenvalue weighted by Gasteiger charge is 2.09. The molecule has 0 radical (unpaired) electrons. The van der Waals surface area contributed by atoms with Gasteiger partial charge < -0.3 is 14.6 Å². The molecule has 1 aromatic carbocycles. The molecule has 0 aliphatic rings. The van der Waals surface area contributed by atoms with Gasteiger partial charge in [0.25, 0.3) is 0 Å². The summed E-state index contributed by atoms with van der Waals surface area (Å²) in [4.78, 5) is 5.04. The predicted molar refractivity (Wildman–Crippen MR) is 70.1 cm³/mol. The number of aliphatic hydroxyl groups excluding tert-OH is 1. The van der Waals surface area contributed by atoms with E-state index < -0.39 is 6.10 Å². The SMILES string of the molecule is COc1cc(C(C)O)ccc1OCc1cncs1. The molecule has 0 saturated heterocycles. The third-order valence-electron chi connectivity index (χ3n) is 2.52. The lowest BCUT2D eigenvalue weighted by atomic mass is 10.1. The van der Waals surface area contributed by atoms with Crippen molar-refractivity contribution >= 4 is 11.3 Å². The number of ether oxygens (including phenoxy) is 2. The predicted octanol–water partition coefficient (Wildman–Crippen LogP) is 2.78. The van der Waals surface area contributed by atoms with Crippen molar-refractivity contribution in [1.82, 2.24) is 4.98 Å². The Morgan fingerprint density at radius 1 is 1.39 bits per heavy atom. The lowest BCUT2D eigenvalue weighted by Crippen LogP contribution is -1.98. The molecule has 1 atom stereocenters. The van der Waals surface area contributed by atoms with Crippen LogP contribution in [0.5, 0.6) is 11.5 Å². The number of rotatable bonds is 5. The summed E-state index contributed by atoms with van der Waals surface area (Å²) in [6.45, 7) is 2.18. The van der Waals surface area contributed by atoms with Gasteiger partial charge in [-0.05, 0) is 24.6 Å². The molecule has 5 heteroatoms. The molecule has 18 heavy (non-hydrogen) atoms. The van der Waals surface area contributed by atoms with Gasteiger partial charge in [0.2, 0.25) is 0 Å². The molecule has 0 aliphatic heterocycles. The Bertz CT molecular complexity index is 497. The van der Waals surface area contributed by atoms with Gasteiger partial charge in [-0.3, -0.25) is 4.98 Å². The van der Waals surface area contributed by atoms with E-state index in [4.69, 9.17) is 9.47 Å².